The van der Waals surface area contributed by atoms with Gasteiger partial charge < -0.3 is 30.8 Å². The second kappa shape index (κ2) is 10.3. The summed E-state index contributed by atoms with van der Waals surface area (Å²) in [7, 11) is 3.79. The number of carboxylic acid groups (broad SMARTS) is 1. The van der Waals surface area contributed by atoms with Crippen molar-refractivity contribution in [2.45, 2.75) is 13.3 Å². The van der Waals surface area contributed by atoms with Gasteiger partial charge in [0, 0.05) is 30.3 Å². The van der Waals surface area contributed by atoms with Gasteiger partial charge in [-0.3, -0.25) is 9.59 Å². The maximum atomic E-state index is 12.2. The first-order chi connectivity index (χ1) is 12.0. The number of carbonyl (C=O) groups is 3. The monoisotopic (exact) mass is 381 g/mol. The van der Waals surface area contributed by atoms with Gasteiger partial charge in [0.05, 0.1) is 20.6 Å². The van der Waals surface area contributed by atoms with Crippen LogP contribution in [-0.4, -0.2) is 71.7 Å². The molecule has 0 heterocycles. The number of rotatable bonds is 9. The molecule has 0 atom stereocenters. The van der Waals surface area contributed by atoms with Gasteiger partial charge in [-0.15, -0.1) is 0 Å². The third-order valence-electron chi connectivity index (χ3n) is 3.70. The number of nitrogens with one attached hydrogen (secondary N) is 2. The molecule has 0 radical (unpaired) electrons. The molecule has 5 N–H and O–H groups in total. The number of aromatic carboxylic acids is 1. The minimum Gasteiger partial charge on any atom is -0.870 e. The number of hydrogen-bond acceptors (Lipinski definition) is 5. The number of nitrogens with zero attached hydrogens (tertiary/aromatic N) is 1. The van der Waals surface area contributed by atoms with E-state index in [0.717, 1.165) is 0 Å². The standard InChI is InChI=1S/C18H25N3O5.H2O/c1-12(2)17(24)19-8-5-9-21(3,4)11-16(23)20-13-6-7-14(18(25)26)15(22)10-13;/h6-7,10H,1,5,8-9,11H2,2-4H3,(H3-,19,20,22,23,24,25,26);1H2. The molecule has 0 spiro atoms. The Kier molecular flexibility index (Phi) is 9.18. The Bertz CT molecular complexity index is 715. The summed E-state index contributed by atoms with van der Waals surface area (Å²) in [5.74, 6) is -2.09. The van der Waals surface area contributed by atoms with Gasteiger partial charge in [-0.1, -0.05) is 6.58 Å². The summed E-state index contributed by atoms with van der Waals surface area (Å²) in [4.78, 5) is 34.5. The molecule has 9 nitrogen and oxygen atoms in total. The molecule has 0 aliphatic carbocycles. The van der Waals surface area contributed by atoms with Crippen LogP contribution in [0.4, 0.5) is 5.69 Å². The van der Waals surface area contributed by atoms with Gasteiger partial charge in [-0.05, 0) is 19.1 Å². The predicted molar refractivity (Wildman–Crippen MR) is 99.9 cm³/mol. The van der Waals surface area contributed by atoms with Gasteiger partial charge in [0.25, 0.3) is 5.91 Å². The number of benzene rings is 1. The van der Waals surface area contributed by atoms with Crippen LogP contribution < -0.4 is 10.6 Å². The fourth-order valence-corrected chi connectivity index (χ4v) is 2.32. The van der Waals surface area contributed by atoms with Crippen molar-refractivity contribution >= 4 is 23.5 Å². The highest BCUT2D eigenvalue weighted by Crippen LogP contribution is 2.22. The van der Waals surface area contributed by atoms with Crippen LogP contribution in [-0.2, 0) is 9.59 Å². The first-order valence-corrected chi connectivity index (χ1v) is 8.14. The Morgan fingerprint density at radius 2 is 1.85 bits per heavy atom. The highest BCUT2D eigenvalue weighted by Gasteiger charge is 2.20. The SMILES string of the molecule is C=C(C)C(=O)NCCC[N+](C)(C)CC(=O)Nc1ccc(C(=O)O)c(O)c1.[OH-]. The molecule has 27 heavy (non-hydrogen) atoms. The summed E-state index contributed by atoms with van der Waals surface area (Å²) >= 11 is 0. The number of carboxylic acids is 1. The Hall–Kier alpha value is -2.91. The highest BCUT2D eigenvalue weighted by molar-refractivity contribution is 5.95. The molecule has 0 unspecified atom stereocenters. The summed E-state index contributed by atoms with van der Waals surface area (Å²) in [5, 5.41) is 23.9. The zero-order valence-corrected chi connectivity index (χ0v) is 15.8. The van der Waals surface area contributed by atoms with E-state index < -0.39 is 11.7 Å². The molecule has 0 aliphatic heterocycles. The zero-order valence-electron chi connectivity index (χ0n) is 15.8. The molecule has 0 bridgehead atoms. The number of carbonyl (C=O) groups excluding carboxylic acids is 2. The predicted octanol–water partition coefficient (Wildman–Crippen LogP) is 1.01. The van der Waals surface area contributed by atoms with Gasteiger partial charge in [0.15, 0.2) is 6.54 Å². The van der Waals surface area contributed by atoms with E-state index >= 15 is 0 Å². The summed E-state index contributed by atoms with van der Waals surface area (Å²) in [6, 6.07) is 3.86. The van der Waals surface area contributed by atoms with Gasteiger partial charge in [-0.25, -0.2) is 4.79 Å². The minimum absolute atomic E-state index is 0. The summed E-state index contributed by atoms with van der Waals surface area (Å²) in [6.45, 7) is 6.57. The molecule has 1 aromatic rings. The van der Waals surface area contributed by atoms with E-state index in [2.05, 4.69) is 17.2 Å². The molecular weight excluding hydrogens is 354 g/mol. The van der Waals surface area contributed by atoms with Gasteiger partial charge >= 0.3 is 5.97 Å². The third-order valence-corrected chi connectivity index (χ3v) is 3.70. The Morgan fingerprint density at radius 1 is 1.22 bits per heavy atom. The van der Waals surface area contributed by atoms with Crippen LogP contribution in [0.1, 0.15) is 23.7 Å². The van der Waals surface area contributed by atoms with Crippen molar-refractivity contribution in [2.24, 2.45) is 0 Å². The van der Waals surface area contributed by atoms with Crippen LogP contribution in [0.25, 0.3) is 0 Å². The van der Waals surface area contributed by atoms with E-state index in [1.807, 2.05) is 14.1 Å². The van der Waals surface area contributed by atoms with Crippen LogP contribution in [0.2, 0.25) is 0 Å². The lowest BCUT2D eigenvalue weighted by Crippen LogP contribution is -2.47. The molecule has 0 aliphatic rings. The summed E-state index contributed by atoms with van der Waals surface area (Å²) in [6.07, 6.45) is 0.702. The summed E-state index contributed by atoms with van der Waals surface area (Å²) < 4.78 is 0.411. The van der Waals surface area contributed by atoms with E-state index in [1.165, 1.54) is 18.2 Å². The van der Waals surface area contributed by atoms with Gasteiger partial charge in [0.1, 0.15) is 11.3 Å². The maximum absolute atomic E-state index is 12.2. The Balaban J connectivity index is 0.00000676. The number of aromatic hydroxyl groups is 1. The van der Waals surface area contributed by atoms with Crippen LogP contribution in [0.3, 0.4) is 0 Å². The molecule has 2 amide bonds. The van der Waals surface area contributed by atoms with Crippen LogP contribution in [0.15, 0.2) is 30.4 Å². The topological polar surface area (TPSA) is 146 Å². The van der Waals surface area contributed by atoms with Crippen molar-refractivity contribution in [3.63, 3.8) is 0 Å². The van der Waals surface area contributed by atoms with Crippen molar-refractivity contribution < 1.29 is 34.6 Å². The van der Waals surface area contributed by atoms with E-state index in [9.17, 15) is 19.5 Å². The average molecular weight is 381 g/mol. The Morgan fingerprint density at radius 3 is 2.37 bits per heavy atom. The molecule has 0 saturated carbocycles. The fraction of sp³-hybridized carbons (Fsp3) is 0.389. The Labute approximate surface area is 158 Å². The van der Waals surface area contributed by atoms with Crippen LogP contribution in [0.5, 0.6) is 5.75 Å². The normalized spacial score (nSPS) is 10.5. The molecule has 9 heteroatoms. The van der Waals surface area contributed by atoms with Crippen LogP contribution in [0, 0.1) is 0 Å². The van der Waals surface area contributed by atoms with Gasteiger partial charge in [0.2, 0.25) is 5.91 Å². The first-order valence-electron chi connectivity index (χ1n) is 8.14. The fourth-order valence-electron chi connectivity index (χ4n) is 2.32. The van der Waals surface area contributed by atoms with Crippen molar-refractivity contribution in [1.82, 2.24) is 5.32 Å². The quantitative estimate of drug-likeness (QED) is 0.285. The van der Waals surface area contributed by atoms with Gasteiger partial charge in [-0.2, -0.15) is 0 Å². The van der Waals surface area contributed by atoms with E-state index in [0.29, 0.717) is 35.3 Å². The third kappa shape index (κ3) is 8.34. The van der Waals surface area contributed by atoms with Crippen molar-refractivity contribution in [3.05, 3.63) is 35.9 Å². The van der Waals surface area contributed by atoms with Crippen LogP contribution >= 0.6 is 0 Å². The lowest BCUT2D eigenvalue weighted by atomic mass is 10.2. The second-order valence-electron chi connectivity index (χ2n) is 6.79. The number of phenols is 1. The molecule has 0 saturated heterocycles. The molecule has 0 fully saturated rings. The second-order valence-corrected chi connectivity index (χ2v) is 6.79. The number of hydrogen-bond donors (Lipinski definition) is 4. The van der Waals surface area contributed by atoms with Crippen molar-refractivity contribution in [1.29, 1.82) is 0 Å². The minimum atomic E-state index is -1.24. The van der Waals surface area contributed by atoms with E-state index in [1.54, 1.807) is 6.92 Å². The van der Waals surface area contributed by atoms with Crippen molar-refractivity contribution in [3.8, 4) is 5.75 Å². The number of amides is 2. The highest BCUT2D eigenvalue weighted by atomic mass is 16.4. The van der Waals surface area contributed by atoms with E-state index in [-0.39, 0.29) is 29.4 Å². The molecule has 1 aromatic carbocycles. The molecular formula is C18H27N3O6. The maximum Gasteiger partial charge on any atom is 0.339 e. The van der Waals surface area contributed by atoms with E-state index in [4.69, 9.17) is 5.11 Å². The largest absolute Gasteiger partial charge is 0.870 e. The zero-order chi connectivity index (χ0) is 19.9. The molecule has 0 aromatic heterocycles. The lowest BCUT2D eigenvalue weighted by Gasteiger charge is -2.29. The smallest absolute Gasteiger partial charge is 0.339 e. The molecule has 1 rings (SSSR count). The molecule has 150 valence electrons. The average Bonchev–Trinajstić information content (AvgIpc) is 2.50. The number of quaternary nitrogens is 1. The number of likely N-dealkylation sites (N-methyl/N-ethyl adjacent to an activating group) is 1. The lowest BCUT2D eigenvalue weighted by molar-refractivity contribution is -0.882. The first kappa shape index (κ1) is 24.1. The van der Waals surface area contributed by atoms with Crippen molar-refractivity contribution in [2.75, 3.05) is 39.0 Å². The number of anilines is 1. The summed E-state index contributed by atoms with van der Waals surface area (Å²) in [5.41, 5.74) is 0.553.